The molecule has 0 aliphatic carbocycles. The van der Waals surface area contributed by atoms with Crippen LogP contribution in [0.2, 0.25) is 0 Å². The highest BCUT2D eigenvalue weighted by molar-refractivity contribution is 6.12. The summed E-state index contributed by atoms with van der Waals surface area (Å²) in [6.45, 7) is 6.53. The van der Waals surface area contributed by atoms with Crippen LogP contribution >= 0.6 is 0 Å². The third-order valence-corrected chi connectivity index (χ3v) is 7.52. The number of aromatic nitrogens is 1. The Labute approximate surface area is 223 Å². The monoisotopic (exact) mass is 493 g/mol. The van der Waals surface area contributed by atoms with E-state index in [1.807, 2.05) is 31.4 Å². The molecule has 4 aromatic carbocycles. The normalized spacial score (nSPS) is 11.4. The number of pyridine rings is 1. The quantitative estimate of drug-likeness (QED) is 0.230. The summed E-state index contributed by atoms with van der Waals surface area (Å²) in [6.07, 6.45) is 2.04. The van der Waals surface area contributed by atoms with Crippen LogP contribution in [0.1, 0.15) is 36.5 Å². The molecule has 3 nitrogen and oxygen atoms in total. The van der Waals surface area contributed by atoms with Gasteiger partial charge in [0.2, 0.25) is 5.69 Å². The van der Waals surface area contributed by atoms with Crippen LogP contribution in [0, 0.1) is 18.3 Å². The van der Waals surface area contributed by atoms with Gasteiger partial charge in [-0.3, -0.25) is 0 Å². The Kier molecular flexibility index (Phi) is 5.81. The number of rotatable bonds is 4. The molecule has 6 rings (SSSR count). The number of aryl methyl sites for hydroxylation is 2. The second kappa shape index (κ2) is 9.32. The predicted octanol–water partition coefficient (Wildman–Crippen LogP) is 8.72. The molecule has 0 aliphatic rings. The molecular weight excluding hydrogens is 464 g/mol. The van der Waals surface area contributed by atoms with E-state index in [1.54, 1.807) is 0 Å². The highest BCUT2D eigenvalue weighted by atomic mass is 16.3. The van der Waals surface area contributed by atoms with Crippen molar-refractivity contribution < 1.29 is 8.98 Å². The lowest BCUT2D eigenvalue weighted by atomic mass is 9.94. The summed E-state index contributed by atoms with van der Waals surface area (Å²) < 4.78 is 8.65. The predicted molar refractivity (Wildman–Crippen MR) is 155 cm³/mol. The average Bonchev–Trinajstić information content (AvgIpc) is 3.32. The maximum absolute atomic E-state index is 10.3. The minimum absolute atomic E-state index is 0.483. The molecule has 0 atom stereocenters. The van der Waals surface area contributed by atoms with Gasteiger partial charge in [-0.15, -0.1) is 0 Å². The second-order valence-corrected chi connectivity index (χ2v) is 10.3. The van der Waals surface area contributed by atoms with Crippen molar-refractivity contribution in [3.63, 3.8) is 0 Å². The molecule has 0 radical (unpaired) electrons. The molecule has 0 N–H and O–H groups in total. The summed E-state index contributed by atoms with van der Waals surface area (Å²) >= 11 is 0. The first kappa shape index (κ1) is 23.7. The zero-order valence-electron chi connectivity index (χ0n) is 22.1. The van der Waals surface area contributed by atoms with Gasteiger partial charge in [-0.25, -0.2) is 4.57 Å². The van der Waals surface area contributed by atoms with Gasteiger partial charge in [0.25, 0.3) is 0 Å². The van der Waals surface area contributed by atoms with Crippen molar-refractivity contribution in [1.29, 1.82) is 5.26 Å². The summed E-state index contributed by atoms with van der Waals surface area (Å²) in [5.74, 6) is 0.483. The smallest absolute Gasteiger partial charge is 0.216 e. The summed E-state index contributed by atoms with van der Waals surface area (Å²) in [4.78, 5) is 0. The first-order valence-corrected chi connectivity index (χ1v) is 13.0. The van der Waals surface area contributed by atoms with Gasteiger partial charge >= 0.3 is 0 Å². The van der Waals surface area contributed by atoms with Crippen LogP contribution in [0.25, 0.3) is 55.4 Å². The summed E-state index contributed by atoms with van der Waals surface area (Å²) in [5.41, 5.74) is 10.9. The van der Waals surface area contributed by atoms with E-state index in [-0.39, 0.29) is 0 Å². The largest absolute Gasteiger partial charge is 0.454 e. The van der Waals surface area contributed by atoms with Crippen LogP contribution in [0.15, 0.2) is 102 Å². The Bertz CT molecular complexity index is 1870. The first-order valence-electron chi connectivity index (χ1n) is 13.0. The van der Waals surface area contributed by atoms with Crippen LogP contribution in [-0.4, -0.2) is 0 Å². The number of benzene rings is 4. The number of nitriles is 1. The lowest BCUT2D eigenvalue weighted by Crippen LogP contribution is -2.30. The fourth-order valence-corrected chi connectivity index (χ4v) is 5.37. The van der Waals surface area contributed by atoms with Gasteiger partial charge in [0.05, 0.1) is 5.56 Å². The first-order chi connectivity index (χ1) is 18.5. The van der Waals surface area contributed by atoms with Crippen LogP contribution in [0.5, 0.6) is 0 Å². The standard InChI is InChI=1S/C35H29N2O/c1-22(2)26-8-7-9-27(20-26)24-12-14-25(15-13-24)28-17-18-29-30-16-11-23(3)33(32-10-5-6-19-37(32)4)35(30)38-34(29)31(28)21-36/h5-20,22H,1-4H3/q+1. The average molecular weight is 494 g/mol. The third-order valence-electron chi connectivity index (χ3n) is 7.52. The molecule has 0 saturated carbocycles. The Hall–Kier alpha value is -4.68. The molecule has 0 unspecified atom stereocenters. The fraction of sp³-hybridized carbons (Fsp3) is 0.143. The minimum atomic E-state index is 0.483. The Morgan fingerprint density at radius 1 is 0.763 bits per heavy atom. The van der Waals surface area contributed by atoms with E-state index in [2.05, 4.69) is 104 Å². The lowest BCUT2D eigenvalue weighted by molar-refractivity contribution is -0.660. The van der Waals surface area contributed by atoms with E-state index in [0.717, 1.165) is 49.9 Å². The van der Waals surface area contributed by atoms with Crippen molar-refractivity contribution >= 4 is 21.9 Å². The van der Waals surface area contributed by atoms with Gasteiger partial charge in [-0.05, 0) is 52.8 Å². The summed E-state index contributed by atoms with van der Waals surface area (Å²) in [7, 11) is 2.04. The van der Waals surface area contributed by atoms with Gasteiger partial charge in [0, 0.05) is 28.5 Å². The molecule has 2 heterocycles. The highest BCUT2D eigenvalue weighted by Crippen LogP contribution is 2.40. The SMILES string of the molecule is Cc1ccc2c(oc3c(C#N)c(-c4ccc(-c5cccc(C(C)C)c5)cc4)ccc32)c1-c1cccc[n+]1C. The van der Waals surface area contributed by atoms with Crippen molar-refractivity contribution in [3.05, 3.63) is 114 Å². The fourth-order valence-electron chi connectivity index (χ4n) is 5.37. The van der Waals surface area contributed by atoms with Crippen molar-refractivity contribution in [3.8, 4) is 39.6 Å². The number of fused-ring (bicyclic) bond motifs is 3. The molecule has 184 valence electrons. The van der Waals surface area contributed by atoms with E-state index >= 15 is 0 Å². The van der Waals surface area contributed by atoms with Gasteiger partial charge in [-0.2, -0.15) is 5.26 Å². The summed E-state index contributed by atoms with van der Waals surface area (Å²) in [6, 6.07) is 34.1. The number of nitrogens with zero attached hydrogens (tertiary/aromatic N) is 2. The highest BCUT2D eigenvalue weighted by Gasteiger charge is 2.22. The van der Waals surface area contributed by atoms with Gasteiger partial charge < -0.3 is 4.42 Å². The van der Waals surface area contributed by atoms with E-state index in [9.17, 15) is 5.26 Å². The van der Waals surface area contributed by atoms with Crippen molar-refractivity contribution in [2.75, 3.05) is 0 Å². The topological polar surface area (TPSA) is 40.8 Å². The molecule has 0 fully saturated rings. The zero-order chi connectivity index (χ0) is 26.4. The molecule has 3 heteroatoms. The number of furan rings is 1. The molecule has 2 aromatic heterocycles. The minimum Gasteiger partial charge on any atom is -0.454 e. The van der Waals surface area contributed by atoms with E-state index in [4.69, 9.17) is 4.42 Å². The van der Waals surface area contributed by atoms with E-state index < -0.39 is 0 Å². The van der Waals surface area contributed by atoms with Crippen molar-refractivity contribution in [1.82, 2.24) is 0 Å². The Balaban J connectivity index is 1.49. The number of hydrogen-bond donors (Lipinski definition) is 0. The maximum atomic E-state index is 10.3. The van der Waals surface area contributed by atoms with Crippen LogP contribution in [0.4, 0.5) is 0 Å². The van der Waals surface area contributed by atoms with E-state index in [0.29, 0.717) is 17.1 Å². The maximum Gasteiger partial charge on any atom is 0.216 e. The Morgan fingerprint density at radius 2 is 1.50 bits per heavy atom. The Morgan fingerprint density at radius 3 is 2.24 bits per heavy atom. The van der Waals surface area contributed by atoms with Crippen molar-refractivity contribution in [2.45, 2.75) is 26.7 Å². The van der Waals surface area contributed by atoms with Crippen molar-refractivity contribution in [2.24, 2.45) is 7.05 Å². The molecule has 0 bridgehead atoms. The lowest BCUT2D eigenvalue weighted by Gasteiger charge is -2.10. The third kappa shape index (κ3) is 3.86. The molecule has 0 saturated heterocycles. The molecule has 0 spiro atoms. The van der Waals surface area contributed by atoms with Gasteiger partial charge in [0.15, 0.2) is 11.8 Å². The number of hydrogen-bond acceptors (Lipinski definition) is 2. The van der Waals surface area contributed by atoms with E-state index in [1.165, 1.54) is 11.1 Å². The zero-order valence-corrected chi connectivity index (χ0v) is 22.1. The van der Waals surface area contributed by atoms with Gasteiger partial charge in [-0.1, -0.05) is 80.6 Å². The second-order valence-electron chi connectivity index (χ2n) is 10.3. The molecule has 0 amide bonds. The molecule has 6 aromatic rings. The molecule has 38 heavy (non-hydrogen) atoms. The van der Waals surface area contributed by atoms with Gasteiger partial charge in [0.1, 0.15) is 24.3 Å². The van der Waals surface area contributed by atoms with Crippen LogP contribution in [0.3, 0.4) is 0 Å². The van der Waals surface area contributed by atoms with Crippen LogP contribution < -0.4 is 4.57 Å². The summed E-state index contributed by atoms with van der Waals surface area (Å²) in [5, 5.41) is 12.3. The molecule has 0 aliphatic heterocycles. The van der Waals surface area contributed by atoms with Crippen LogP contribution in [-0.2, 0) is 7.05 Å². The molecular formula is C35H29N2O+.